The van der Waals surface area contributed by atoms with Crippen LogP contribution >= 0.6 is 47.8 Å². The Kier molecular flexibility index (Phi) is 4.88. The highest BCUT2D eigenvalue weighted by atomic mass is 79.9. The highest BCUT2D eigenvalue weighted by Crippen LogP contribution is 2.33. The van der Waals surface area contributed by atoms with Gasteiger partial charge in [0.25, 0.3) is 5.91 Å². The van der Waals surface area contributed by atoms with Crippen LogP contribution in [0, 0.1) is 6.92 Å². The van der Waals surface area contributed by atoms with Crippen LogP contribution in [0.25, 0.3) is 0 Å². The van der Waals surface area contributed by atoms with E-state index in [1.54, 1.807) is 18.2 Å². The quantitative estimate of drug-likeness (QED) is 0.609. The van der Waals surface area contributed by atoms with E-state index in [2.05, 4.69) is 53.1 Å². The Morgan fingerprint density at radius 3 is 2.20 bits per heavy atom. The molecule has 1 amide bonds. The molecule has 0 aliphatic heterocycles. The standard InChI is InChI=1S/C14H11Br3N2O/c1-7-4-10(16)13(11(17)5-7)19-14(20)8-2-3-12(18)9(15)6-8/h2-6H,18H2,1H3,(H,19,20). The molecule has 0 aliphatic carbocycles. The molecule has 2 aromatic carbocycles. The first-order valence-corrected chi connectivity index (χ1v) is 8.08. The lowest BCUT2D eigenvalue weighted by Gasteiger charge is -2.11. The van der Waals surface area contributed by atoms with Crippen molar-refractivity contribution in [1.82, 2.24) is 0 Å². The zero-order chi connectivity index (χ0) is 14.9. The van der Waals surface area contributed by atoms with Crippen LogP contribution in [0.4, 0.5) is 11.4 Å². The lowest BCUT2D eigenvalue weighted by molar-refractivity contribution is 0.102. The second kappa shape index (κ2) is 6.28. The maximum absolute atomic E-state index is 12.3. The van der Waals surface area contributed by atoms with Gasteiger partial charge < -0.3 is 11.1 Å². The number of anilines is 2. The lowest BCUT2D eigenvalue weighted by atomic mass is 10.2. The van der Waals surface area contributed by atoms with Gasteiger partial charge in [-0.15, -0.1) is 0 Å². The SMILES string of the molecule is Cc1cc(Br)c(NC(=O)c2ccc(N)c(Br)c2)c(Br)c1. The molecule has 0 heterocycles. The highest BCUT2D eigenvalue weighted by Gasteiger charge is 2.12. The molecular formula is C14H11Br3N2O. The van der Waals surface area contributed by atoms with Crippen molar-refractivity contribution in [1.29, 1.82) is 0 Å². The largest absolute Gasteiger partial charge is 0.398 e. The molecule has 3 N–H and O–H groups in total. The van der Waals surface area contributed by atoms with Crippen molar-refractivity contribution in [3.63, 3.8) is 0 Å². The van der Waals surface area contributed by atoms with Crippen LogP contribution in [0.2, 0.25) is 0 Å². The van der Waals surface area contributed by atoms with E-state index in [1.165, 1.54) is 0 Å². The third-order valence-electron chi connectivity index (χ3n) is 2.69. The van der Waals surface area contributed by atoms with Crippen LogP contribution in [-0.2, 0) is 0 Å². The number of benzene rings is 2. The number of nitrogens with one attached hydrogen (secondary N) is 1. The number of nitrogen functional groups attached to an aromatic ring is 1. The number of rotatable bonds is 2. The Balaban J connectivity index is 2.30. The smallest absolute Gasteiger partial charge is 0.255 e. The summed E-state index contributed by atoms with van der Waals surface area (Å²) in [6.07, 6.45) is 0. The van der Waals surface area contributed by atoms with Gasteiger partial charge in [-0.3, -0.25) is 4.79 Å². The number of halogens is 3. The third kappa shape index (κ3) is 3.42. The average molecular weight is 463 g/mol. The first-order valence-electron chi connectivity index (χ1n) is 5.70. The molecule has 104 valence electrons. The van der Waals surface area contributed by atoms with Gasteiger partial charge in [-0.25, -0.2) is 0 Å². The predicted octanol–water partition coefficient (Wildman–Crippen LogP) is 5.12. The lowest BCUT2D eigenvalue weighted by Crippen LogP contribution is -2.13. The molecule has 0 atom stereocenters. The first-order chi connectivity index (χ1) is 9.38. The Morgan fingerprint density at radius 1 is 1.05 bits per heavy atom. The van der Waals surface area contributed by atoms with Crippen molar-refractivity contribution in [2.24, 2.45) is 0 Å². The molecule has 0 unspecified atom stereocenters. The van der Waals surface area contributed by atoms with Crippen LogP contribution in [0.3, 0.4) is 0 Å². The van der Waals surface area contributed by atoms with Gasteiger partial charge in [0.1, 0.15) is 0 Å². The Morgan fingerprint density at radius 2 is 1.65 bits per heavy atom. The van der Waals surface area contributed by atoms with Crippen LogP contribution in [0.15, 0.2) is 43.7 Å². The molecule has 0 spiro atoms. The van der Waals surface area contributed by atoms with E-state index in [0.717, 1.165) is 14.5 Å². The molecule has 6 heteroatoms. The molecule has 20 heavy (non-hydrogen) atoms. The van der Waals surface area contributed by atoms with Crippen LogP contribution in [-0.4, -0.2) is 5.91 Å². The minimum atomic E-state index is -0.198. The zero-order valence-electron chi connectivity index (χ0n) is 10.5. The van der Waals surface area contributed by atoms with Crippen molar-refractivity contribution >= 4 is 65.1 Å². The van der Waals surface area contributed by atoms with E-state index in [0.29, 0.717) is 21.4 Å². The van der Waals surface area contributed by atoms with E-state index in [-0.39, 0.29) is 5.91 Å². The summed E-state index contributed by atoms with van der Waals surface area (Å²) in [5.41, 5.74) is 8.64. The molecule has 2 aromatic rings. The molecule has 2 rings (SSSR count). The minimum Gasteiger partial charge on any atom is -0.398 e. The molecule has 0 aromatic heterocycles. The number of hydrogen-bond donors (Lipinski definition) is 2. The zero-order valence-corrected chi connectivity index (χ0v) is 15.3. The molecule has 0 fully saturated rings. The average Bonchev–Trinajstić information content (AvgIpc) is 2.36. The highest BCUT2D eigenvalue weighted by molar-refractivity contribution is 9.11. The second-order valence-electron chi connectivity index (χ2n) is 4.29. The Labute approximate surface area is 142 Å². The van der Waals surface area contributed by atoms with Gasteiger partial charge in [-0.2, -0.15) is 0 Å². The topological polar surface area (TPSA) is 55.1 Å². The van der Waals surface area contributed by atoms with Crippen LogP contribution in [0.5, 0.6) is 0 Å². The van der Waals surface area contributed by atoms with Crippen LogP contribution < -0.4 is 11.1 Å². The summed E-state index contributed by atoms with van der Waals surface area (Å²) in [5, 5.41) is 2.87. The van der Waals surface area contributed by atoms with Crippen LogP contribution in [0.1, 0.15) is 15.9 Å². The van der Waals surface area contributed by atoms with Gasteiger partial charge in [-0.05, 0) is 90.6 Å². The summed E-state index contributed by atoms with van der Waals surface area (Å²) in [4.78, 5) is 12.3. The number of carbonyl (C=O) groups excluding carboxylic acids is 1. The third-order valence-corrected chi connectivity index (χ3v) is 4.63. The number of aryl methyl sites for hydroxylation is 1. The van der Waals surface area contributed by atoms with Gasteiger partial charge in [0, 0.05) is 24.7 Å². The molecule has 0 bridgehead atoms. The van der Waals surface area contributed by atoms with Gasteiger partial charge >= 0.3 is 0 Å². The number of carbonyl (C=O) groups is 1. The van der Waals surface area contributed by atoms with Crippen molar-refractivity contribution in [3.8, 4) is 0 Å². The summed E-state index contributed by atoms with van der Waals surface area (Å²) in [5.74, 6) is -0.198. The number of nitrogens with two attached hydrogens (primary N) is 1. The minimum absolute atomic E-state index is 0.198. The van der Waals surface area contributed by atoms with E-state index in [4.69, 9.17) is 5.73 Å². The predicted molar refractivity (Wildman–Crippen MR) is 93.1 cm³/mol. The molecule has 3 nitrogen and oxygen atoms in total. The maximum Gasteiger partial charge on any atom is 0.255 e. The normalized spacial score (nSPS) is 10.4. The van der Waals surface area contributed by atoms with Gasteiger partial charge in [0.2, 0.25) is 0 Å². The van der Waals surface area contributed by atoms with Gasteiger partial charge in [0.05, 0.1) is 5.69 Å². The van der Waals surface area contributed by atoms with Gasteiger partial charge in [-0.1, -0.05) is 0 Å². The Bertz CT molecular complexity index is 663. The monoisotopic (exact) mass is 460 g/mol. The van der Waals surface area contributed by atoms with E-state index >= 15 is 0 Å². The summed E-state index contributed by atoms with van der Waals surface area (Å²) in [6.45, 7) is 1.98. The fourth-order valence-electron chi connectivity index (χ4n) is 1.67. The summed E-state index contributed by atoms with van der Waals surface area (Å²) >= 11 is 10.2. The van der Waals surface area contributed by atoms with Crippen molar-refractivity contribution in [2.45, 2.75) is 6.92 Å². The van der Waals surface area contributed by atoms with E-state index in [1.807, 2.05) is 19.1 Å². The molecular weight excluding hydrogens is 452 g/mol. The summed E-state index contributed by atoms with van der Waals surface area (Å²) in [7, 11) is 0. The molecule has 0 aliphatic rings. The van der Waals surface area contributed by atoms with E-state index < -0.39 is 0 Å². The Hall–Kier alpha value is -0.850. The first kappa shape index (κ1) is 15.5. The van der Waals surface area contributed by atoms with Gasteiger partial charge in [0.15, 0.2) is 0 Å². The molecule has 0 saturated carbocycles. The van der Waals surface area contributed by atoms with Crippen molar-refractivity contribution in [3.05, 3.63) is 54.9 Å². The summed E-state index contributed by atoms with van der Waals surface area (Å²) in [6, 6.07) is 8.96. The number of amides is 1. The molecule has 0 radical (unpaired) electrons. The number of hydrogen-bond acceptors (Lipinski definition) is 2. The fourth-order valence-corrected chi connectivity index (χ4v) is 3.67. The van der Waals surface area contributed by atoms with Crippen molar-refractivity contribution in [2.75, 3.05) is 11.1 Å². The van der Waals surface area contributed by atoms with Crippen molar-refractivity contribution < 1.29 is 4.79 Å². The molecule has 0 saturated heterocycles. The summed E-state index contributed by atoms with van der Waals surface area (Å²) < 4.78 is 2.35. The maximum atomic E-state index is 12.3. The van der Waals surface area contributed by atoms with E-state index in [9.17, 15) is 4.79 Å². The fraction of sp³-hybridized carbons (Fsp3) is 0.0714. The second-order valence-corrected chi connectivity index (χ2v) is 6.86.